The molecule has 20 heavy (non-hydrogen) atoms. The quantitative estimate of drug-likeness (QED) is 0.765. The molecule has 0 aromatic heterocycles. The van der Waals surface area contributed by atoms with Crippen molar-refractivity contribution in [3.63, 3.8) is 0 Å². The first-order valence-corrected chi connectivity index (χ1v) is 7.75. The van der Waals surface area contributed by atoms with Gasteiger partial charge in [0.2, 0.25) is 0 Å². The lowest BCUT2D eigenvalue weighted by Crippen LogP contribution is -2.55. The topological polar surface area (TPSA) is 35.5 Å². The van der Waals surface area contributed by atoms with E-state index >= 15 is 0 Å². The van der Waals surface area contributed by atoms with Gasteiger partial charge in [-0.15, -0.1) is 0 Å². The molecule has 1 aromatic rings. The molecule has 112 valence electrons. The van der Waals surface area contributed by atoms with Gasteiger partial charge in [0.15, 0.2) is 0 Å². The zero-order chi connectivity index (χ0) is 14.6. The molecule has 0 aliphatic heterocycles. The Morgan fingerprint density at radius 1 is 1.35 bits per heavy atom. The molecule has 2 unspecified atom stereocenters. The monoisotopic (exact) mass is 276 g/mol. The lowest BCUT2D eigenvalue weighted by Gasteiger charge is -2.39. The van der Waals surface area contributed by atoms with Gasteiger partial charge in [-0.25, -0.2) is 0 Å². The zero-order valence-electron chi connectivity index (χ0n) is 13.0. The number of hydrogen-bond acceptors (Lipinski definition) is 3. The van der Waals surface area contributed by atoms with Gasteiger partial charge in [-0.05, 0) is 38.8 Å². The average molecular weight is 276 g/mol. The third-order valence-corrected chi connectivity index (χ3v) is 4.52. The fourth-order valence-electron chi connectivity index (χ4n) is 2.68. The highest BCUT2D eigenvalue weighted by atomic mass is 16.3. The van der Waals surface area contributed by atoms with Crippen LogP contribution in [0.25, 0.3) is 0 Å². The van der Waals surface area contributed by atoms with E-state index in [2.05, 4.69) is 55.4 Å². The minimum absolute atomic E-state index is 0.133. The number of hydrogen-bond donors (Lipinski definition) is 2. The second kappa shape index (κ2) is 6.70. The van der Waals surface area contributed by atoms with Crippen molar-refractivity contribution in [2.75, 3.05) is 20.2 Å². The number of likely N-dealkylation sites (N-methyl/N-ethyl adjacent to an activating group) is 1. The van der Waals surface area contributed by atoms with Crippen molar-refractivity contribution in [1.82, 2.24) is 10.2 Å². The number of nitrogens with zero attached hydrogens (tertiary/aromatic N) is 1. The van der Waals surface area contributed by atoms with Gasteiger partial charge in [0.1, 0.15) is 0 Å². The maximum absolute atomic E-state index is 10.1. The molecule has 2 rings (SSSR count). The van der Waals surface area contributed by atoms with Crippen LogP contribution in [0.1, 0.15) is 38.7 Å². The highest BCUT2D eigenvalue weighted by Gasteiger charge is 2.38. The van der Waals surface area contributed by atoms with Gasteiger partial charge in [-0.1, -0.05) is 37.3 Å². The van der Waals surface area contributed by atoms with Crippen molar-refractivity contribution in [1.29, 1.82) is 0 Å². The third kappa shape index (κ3) is 3.60. The SMILES string of the molecule is CCC(C)N(C)CC(CO)(NC1CC1)c1ccccc1. The standard InChI is InChI=1S/C17H28N2O/c1-4-14(2)19(3)12-17(13-20,18-16-10-11-16)15-8-6-5-7-9-15/h5-9,14,16,18,20H,4,10-13H2,1-3H3. The van der Waals surface area contributed by atoms with Crippen molar-refractivity contribution in [2.24, 2.45) is 0 Å². The molecular weight excluding hydrogens is 248 g/mol. The summed E-state index contributed by atoms with van der Waals surface area (Å²) in [6.45, 7) is 5.41. The third-order valence-electron chi connectivity index (χ3n) is 4.52. The number of rotatable bonds is 8. The van der Waals surface area contributed by atoms with E-state index in [0.717, 1.165) is 13.0 Å². The normalized spacial score (nSPS) is 19.9. The molecule has 0 radical (unpaired) electrons. The van der Waals surface area contributed by atoms with Crippen LogP contribution in [0.5, 0.6) is 0 Å². The number of nitrogens with one attached hydrogen (secondary N) is 1. The van der Waals surface area contributed by atoms with Crippen LogP contribution in [0, 0.1) is 0 Å². The second-order valence-corrected chi connectivity index (χ2v) is 6.20. The van der Waals surface area contributed by atoms with Crippen LogP contribution in [0.3, 0.4) is 0 Å². The molecule has 1 aromatic carbocycles. The summed E-state index contributed by atoms with van der Waals surface area (Å²) in [5, 5.41) is 13.8. The van der Waals surface area contributed by atoms with Crippen LogP contribution < -0.4 is 5.32 Å². The Morgan fingerprint density at radius 3 is 2.50 bits per heavy atom. The maximum atomic E-state index is 10.1. The first-order valence-electron chi connectivity index (χ1n) is 7.75. The molecule has 2 atom stereocenters. The van der Waals surface area contributed by atoms with Crippen molar-refractivity contribution in [3.05, 3.63) is 35.9 Å². The van der Waals surface area contributed by atoms with Crippen molar-refractivity contribution >= 4 is 0 Å². The number of aliphatic hydroxyl groups is 1. The van der Waals surface area contributed by atoms with E-state index in [1.165, 1.54) is 18.4 Å². The van der Waals surface area contributed by atoms with Crippen LogP contribution >= 0.6 is 0 Å². The molecule has 3 heteroatoms. The van der Waals surface area contributed by atoms with Gasteiger partial charge < -0.3 is 15.3 Å². The molecule has 0 heterocycles. The molecule has 1 aliphatic carbocycles. The van der Waals surface area contributed by atoms with Crippen LogP contribution in [-0.4, -0.2) is 42.3 Å². The number of benzene rings is 1. The Labute approximate surface area is 123 Å². The fraction of sp³-hybridized carbons (Fsp3) is 0.647. The highest BCUT2D eigenvalue weighted by molar-refractivity contribution is 5.26. The van der Waals surface area contributed by atoms with Crippen LogP contribution in [0.2, 0.25) is 0 Å². The van der Waals surface area contributed by atoms with Crippen molar-refractivity contribution in [3.8, 4) is 0 Å². The zero-order valence-corrected chi connectivity index (χ0v) is 13.0. The van der Waals surface area contributed by atoms with E-state index in [1.54, 1.807) is 0 Å². The van der Waals surface area contributed by atoms with Crippen LogP contribution in [0.15, 0.2) is 30.3 Å². The lowest BCUT2D eigenvalue weighted by molar-refractivity contribution is 0.0991. The average Bonchev–Trinajstić information content (AvgIpc) is 3.30. The molecule has 0 spiro atoms. The van der Waals surface area contributed by atoms with Crippen LogP contribution in [-0.2, 0) is 5.54 Å². The summed E-state index contributed by atoms with van der Waals surface area (Å²) in [5.74, 6) is 0. The van der Waals surface area contributed by atoms with Crippen LogP contribution in [0.4, 0.5) is 0 Å². The van der Waals surface area contributed by atoms with Gasteiger partial charge in [0, 0.05) is 18.6 Å². The molecule has 0 bridgehead atoms. The Morgan fingerprint density at radius 2 is 2.00 bits per heavy atom. The van der Waals surface area contributed by atoms with Gasteiger partial charge in [0.25, 0.3) is 0 Å². The van der Waals surface area contributed by atoms with E-state index in [9.17, 15) is 5.11 Å². The van der Waals surface area contributed by atoms with E-state index in [1.807, 2.05) is 6.07 Å². The summed E-state index contributed by atoms with van der Waals surface area (Å²) in [4.78, 5) is 2.35. The smallest absolute Gasteiger partial charge is 0.0799 e. The molecule has 3 nitrogen and oxygen atoms in total. The summed E-state index contributed by atoms with van der Waals surface area (Å²) in [6, 6.07) is 11.5. The summed E-state index contributed by atoms with van der Waals surface area (Å²) < 4.78 is 0. The van der Waals surface area contributed by atoms with E-state index < -0.39 is 0 Å². The van der Waals surface area contributed by atoms with Gasteiger partial charge in [0.05, 0.1) is 12.1 Å². The summed E-state index contributed by atoms with van der Waals surface area (Å²) in [5.41, 5.74) is 0.838. The molecule has 0 saturated heterocycles. The minimum Gasteiger partial charge on any atom is -0.394 e. The molecule has 1 aliphatic rings. The van der Waals surface area contributed by atoms with Gasteiger partial charge in [-0.3, -0.25) is 0 Å². The summed E-state index contributed by atoms with van der Waals surface area (Å²) in [7, 11) is 2.15. The Balaban J connectivity index is 2.22. The maximum Gasteiger partial charge on any atom is 0.0799 e. The van der Waals surface area contributed by atoms with E-state index in [-0.39, 0.29) is 12.1 Å². The Bertz CT molecular complexity index is 405. The summed E-state index contributed by atoms with van der Waals surface area (Å²) in [6.07, 6.45) is 3.57. The Hall–Kier alpha value is -0.900. The molecule has 2 N–H and O–H groups in total. The summed E-state index contributed by atoms with van der Waals surface area (Å²) >= 11 is 0. The van der Waals surface area contributed by atoms with Crippen molar-refractivity contribution in [2.45, 2.75) is 50.7 Å². The van der Waals surface area contributed by atoms with Gasteiger partial charge >= 0.3 is 0 Å². The highest BCUT2D eigenvalue weighted by Crippen LogP contribution is 2.29. The first kappa shape index (κ1) is 15.5. The second-order valence-electron chi connectivity index (χ2n) is 6.20. The van der Waals surface area contributed by atoms with E-state index in [4.69, 9.17) is 0 Å². The first-order chi connectivity index (χ1) is 9.61. The van der Waals surface area contributed by atoms with E-state index in [0.29, 0.717) is 12.1 Å². The Kier molecular flexibility index (Phi) is 5.19. The lowest BCUT2D eigenvalue weighted by atomic mass is 9.89. The predicted molar refractivity (Wildman–Crippen MR) is 83.7 cm³/mol. The fourth-order valence-corrected chi connectivity index (χ4v) is 2.68. The minimum atomic E-state index is -0.347. The molecule has 0 amide bonds. The van der Waals surface area contributed by atoms with Crippen molar-refractivity contribution < 1.29 is 5.11 Å². The molecular formula is C17H28N2O. The predicted octanol–water partition coefficient (Wildman–Crippen LogP) is 2.36. The molecule has 1 fully saturated rings. The molecule has 1 saturated carbocycles. The van der Waals surface area contributed by atoms with Gasteiger partial charge in [-0.2, -0.15) is 0 Å². The largest absolute Gasteiger partial charge is 0.394 e. The number of aliphatic hydroxyl groups excluding tert-OH is 1.